The number of anilines is 1. The van der Waals surface area contributed by atoms with Gasteiger partial charge in [0, 0.05) is 18.0 Å². The van der Waals surface area contributed by atoms with E-state index in [1.807, 2.05) is 24.3 Å². The summed E-state index contributed by atoms with van der Waals surface area (Å²) in [7, 11) is 1.74. The Labute approximate surface area is 116 Å². The highest BCUT2D eigenvalue weighted by atomic mass is 32.1. The first-order valence-corrected chi connectivity index (χ1v) is 6.09. The van der Waals surface area contributed by atoms with Gasteiger partial charge in [-0.2, -0.15) is 0 Å². The van der Waals surface area contributed by atoms with Crippen LogP contribution >= 0.6 is 12.2 Å². The van der Waals surface area contributed by atoms with E-state index in [9.17, 15) is 4.79 Å². The molecule has 0 saturated heterocycles. The van der Waals surface area contributed by atoms with Crippen molar-refractivity contribution in [3.63, 3.8) is 0 Å². The molecule has 0 saturated carbocycles. The molecule has 0 bridgehead atoms. The van der Waals surface area contributed by atoms with E-state index < -0.39 is 5.91 Å². The van der Waals surface area contributed by atoms with Crippen molar-refractivity contribution in [3.05, 3.63) is 35.9 Å². The van der Waals surface area contributed by atoms with E-state index in [1.54, 1.807) is 18.0 Å². The first-order valence-electron chi connectivity index (χ1n) is 5.68. The van der Waals surface area contributed by atoms with Crippen molar-refractivity contribution in [3.8, 4) is 0 Å². The van der Waals surface area contributed by atoms with E-state index in [0.29, 0.717) is 10.8 Å². The number of pyridine rings is 1. The molecule has 5 nitrogen and oxygen atoms in total. The maximum absolute atomic E-state index is 11.0. The molecule has 1 aromatic heterocycles. The number of benzene rings is 1. The second-order valence-corrected chi connectivity index (χ2v) is 4.67. The number of para-hydroxylation sites is 1. The van der Waals surface area contributed by atoms with Crippen LogP contribution in [0.5, 0.6) is 0 Å². The number of likely N-dealkylation sites (N-methyl/N-ethyl adjacent to an activating group) is 1. The Bertz CT molecular complexity index is 656. The average Bonchev–Trinajstić information content (AvgIpc) is 2.36. The molecule has 0 fully saturated rings. The lowest BCUT2D eigenvalue weighted by Gasteiger charge is -2.18. The van der Waals surface area contributed by atoms with Crippen molar-refractivity contribution in [2.45, 2.75) is 0 Å². The lowest BCUT2D eigenvalue weighted by atomic mass is 10.1. The highest BCUT2D eigenvalue weighted by Crippen LogP contribution is 2.22. The fraction of sp³-hybridized carbons (Fsp3) is 0.154. The largest absolute Gasteiger partial charge is 0.389 e. The molecule has 6 heteroatoms. The average molecular weight is 274 g/mol. The van der Waals surface area contributed by atoms with Gasteiger partial charge in [-0.25, -0.2) is 4.98 Å². The molecule has 4 N–H and O–H groups in total. The van der Waals surface area contributed by atoms with Gasteiger partial charge in [-0.05, 0) is 12.1 Å². The molecule has 98 valence electrons. The van der Waals surface area contributed by atoms with Crippen molar-refractivity contribution in [1.82, 2.24) is 4.98 Å². The summed E-state index contributed by atoms with van der Waals surface area (Å²) in [5, 5.41) is 0.895. The number of hydrogen-bond acceptors (Lipinski definition) is 4. The van der Waals surface area contributed by atoms with Gasteiger partial charge in [0.15, 0.2) is 0 Å². The predicted molar refractivity (Wildman–Crippen MR) is 80.1 cm³/mol. The number of carbonyl (C=O) groups is 1. The van der Waals surface area contributed by atoms with Crippen LogP contribution in [0.1, 0.15) is 5.56 Å². The Morgan fingerprint density at radius 3 is 2.68 bits per heavy atom. The summed E-state index contributed by atoms with van der Waals surface area (Å²) in [5.74, 6) is 0.189. The van der Waals surface area contributed by atoms with Gasteiger partial charge in [0.2, 0.25) is 5.91 Å². The minimum Gasteiger partial charge on any atom is -0.389 e. The van der Waals surface area contributed by atoms with E-state index in [1.165, 1.54) is 0 Å². The van der Waals surface area contributed by atoms with Crippen LogP contribution in [-0.4, -0.2) is 29.5 Å². The minimum absolute atomic E-state index is 0.0854. The maximum atomic E-state index is 11.0. The molecular weight excluding hydrogens is 260 g/mol. The number of thiocarbonyl (C=S) groups is 1. The zero-order valence-corrected chi connectivity index (χ0v) is 11.3. The topological polar surface area (TPSA) is 85.2 Å². The molecule has 1 aromatic carbocycles. The summed E-state index contributed by atoms with van der Waals surface area (Å²) in [6.07, 6.45) is 0. The van der Waals surface area contributed by atoms with Gasteiger partial charge in [0.25, 0.3) is 0 Å². The second-order valence-electron chi connectivity index (χ2n) is 4.23. The van der Waals surface area contributed by atoms with Gasteiger partial charge in [-0.15, -0.1) is 0 Å². The zero-order valence-electron chi connectivity index (χ0n) is 10.5. The summed E-state index contributed by atoms with van der Waals surface area (Å²) in [6, 6.07) is 9.34. The standard InChI is InChI=1S/C13H14N4OS/c1-17(7-11(14)18)12-6-9(13(15)19)8-4-2-3-5-10(8)16-12/h2-6H,7H2,1H3,(H2,14,18)(H2,15,19). The minimum atomic E-state index is -0.422. The van der Waals surface area contributed by atoms with E-state index in [0.717, 1.165) is 16.5 Å². The first-order chi connectivity index (χ1) is 8.99. The quantitative estimate of drug-likeness (QED) is 0.805. The molecule has 0 spiro atoms. The molecule has 19 heavy (non-hydrogen) atoms. The van der Waals surface area contributed by atoms with Crippen LogP contribution in [0.25, 0.3) is 10.9 Å². The smallest absolute Gasteiger partial charge is 0.236 e. The maximum Gasteiger partial charge on any atom is 0.236 e. The molecule has 0 radical (unpaired) electrons. The Hall–Kier alpha value is -2.21. The number of aromatic nitrogens is 1. The van der Waals surface area contributed by atoms with E-state index >= 15 is 0 Å². The van der Waals surface area contributed by atoms with E-state index in [-0.39, 0.29) is 6.54 Å². The van der Waals surface area contributed by atoms with Crippen LogP contribution in [0, 0.1) is 0 Å². The van der Waals surface area contributed by atoms with Crippen LogP contribution < -0.4 is 16.4 Å². The molecular formula is C13H14N4OS. The van der Waals surface area contributed by atoms with Crippen LogP contribution in [0.2, 0.25) is 0 Å². The Morgan fingerprint density at radius 1 is 1.37 bits per heavy atom. The summed E-state index contributed by atoms with van der Waals surface area (Å²) >= 11 is 5.06. The molecule has 0 atom stereocenters. The lowest BCUT2D eigenvalue weighted by molar-refractivity contribution is -0.116. The van der Waals surface area contributed by atoms with Crippen LogP contribution in [-0.2, 0) is 4.79 Å². The fourth-order valence-corrected chi connectivity index (χ4v) is 2.04. The van der Waals surface area contributed by atoms with Crippen LogP contribution in [0.15, 0.2) is 30.3 Å². The molecule has 0 unspecified atom stereocenters. The van der Waals surface area contributed by atoms with E-state index in [2.05, 4.69) is 4.98 Å². The summed E-state index contributed by atoms with van der Waals surface area (Å²) < 4.78 is 0. The van der Waals surface area contributed by atoms with Crippen LogP contribution in [0.4, 0.5) is 5.82 Å². The molecule has 2 rings (SSSR count). The number of amides is 1. The highest BCUT2D eigenvalue weighted by molar-refractivity contribution is 7.80. The van der Waals surface area contributed by atoms with Crippen molar-refractivity contribution < 1.29 is 4.79 Å². The molecule has 0 aliphatic rings. The Balaban J connectivity index is 2.58. The van der Waals surface area contributed by atoms with Crippen LogP contribution in [0.3, 0.4) is 0 Å². The van der Waals surface area contributed by atoms with Gasteiger partial charge >= 0.3 is 0 Å². The molecule has 0 aliphatic heterocycles. The lowest BCUT2D eigenvalue weighted by Crippen LogP contribution is -2.31. The fourth-order valence-electron chi connectivity index (χ4n) is 1.88. The van der Waals surface area contributed by atoms with Gasteiger partial charge in [0.1, 0.15) is 10.8 Å². The summed E-state index contributed by atoms with van der Waals surface area (Å²) in [4.78, 5) is 17.4. The number of carbonyl (C=O) groups excluding carboxylic acids is 1. The van der Waals surface area contributed by atoms with Gasteiger partial charge in [0.05, 0.1) is 12.1 Å². The van der Waals surface area contributed by atoms with Crippen molar-refractivity contribution in [2.75, 3.05) is 18.5 Å². The van der Waals surface area contributed by atoms with Gasteiger partial charge in [-0.1, -0.05) is 30.4 Å². The third kappa shape index (κ3) is 2.79. The Morgan fingerprint density at radius 2 is 2.05 bits per heavy atom. The van der Waals surface area contributed by atoms with Gasteiger partial charge in [-0.3, -0.25) is 4.79 Å². The van der Waals surface area contributed by atoms with Gasteiger partial charge < -0.3 is 16.4 Å². The molecule has 2 aromatic rings. The molecule has 0 aliphatic carbocycles. The normalized spacial score (nSPS) is 10.4. The molecule has 1 amide bonds. The van der Waals surface area contributed by atoms with Crippen molar-refractivity contribution >= 4 is 39.8 Å². The van der Waals surface area contributed by atoms with Crippen molar-refractivity contribution in [2.24, 2.45) is 11.5 Å². The number of nitrogens with two attached hydrogens (primary N) is 2. The van der Waals surface area contributed by atoms with E-state index in [4.69, 9.17) is 23.7 Å². The van der Waals surface area contributed by atoms with Crippen molar-refractivity contribution in [1.29, 1.82) is 0 Å². The zero-order chi connectivity index (χ0) is 14.0. The number of rotatable bonds is 4. The summed E-state index contributed by atoms with van der Waals surface area (Å²) in [6.45, 7) is 0.0854. The first kappa shape index (κ1) is 13.2. The number of hydrogen-bond donors (Lipinski definition) is 2. The number of nitrogens with zero attached hydrogens (tertiary/aromatic N) is 2. The third-order valence-corrected chi connectivity index (χ3v) is 2.97. The monoisotopic (exact) mass is 274 g/mol. The second kappa shape index (κ2) is 5.19. The highest BCUT2D eigenvalue weighted by Gasteiger charge is 2.11. The summed E-state index contributed by atoms with van der Waals surface area (Å²) in [5.41, 5.74) is 12.4. The third-order valence-electron chi connectivity index (χ3n) is 2.75. The SMILES string of the molecule is CN(CC(N)=O)c1cc(C(N)=S)c2ccccc2n1. The number of fused-ring (bicyclic) bond motifs is 1. The Kier molecular flexibility index (Phi) is 3.62. The molecule has 1 heterocycles. The predicted octanol–water partition coefficient (Wildman–Crippen LogP) is 0.790. The number of primary amides is 1.